The minimum atomic E-state index is -0.0729. The van der Waals surface area contributed by atoms with Crippen molar-refractivity contribution in [1.82, 2.24) is 5.32 Å². The molecule has 2 aromatic rings. The third kappa shape index (κ3) is 5.56. The number of rotatable bonds is 5. The van der Waals surface area contributed by atoms with Crippen LogP contribution in [0.3, 0.4) is 0 Å². The van der Waals surface area contributed by atoms with Crippen molar-refractivity contribution in [2.24, 2.45) is 0 Å². The Morgan fingerprint density at radius 3 is 2.35 bits per heavy atom. The molecule has 1 aliphatic rings. The molecule has 1 amide bonds. The van der Waals surface area contributed by atoms with Gasteiger partial charge in [-0.15, -0.1) is 0 Å². The maximum atomic E-state index is 12.0. The minimum Gasteiger partial charge on any atom is -0.372 e. The van der Waals surface area contributed by atoms with Crippen LogP contribution in [0.4, 0.5) is 11.4 Å². The number of hydrogen-bond donors (Lipinski definition) is 2. The van der Waals surface area contributed by atoms with Crippen LogP contribution in [-0.4, -0.2) is 24.1 Å². The van der Waals surface area contributed by atoms with Gasteiger partial charge >= 0.3 is 0 Å². The third-order valence-electron chi connectivity index (χ3n) is 4.58. The Morgan fingerprint density at radius 2 is 1.65 bits per heavy atom. The Labute approximate surface area is 160 Å². The number of benzene rings is 2. The van der Waals surface area contributed by atoms with Gasteiger partial charge in [0.2, 0.25) is 5.91 Å². The molecule has 3 rings (SSSR count). The van der Waals surface area contributed by atoms with Crippen molar-refractivity contribution in [2.75, 3.05) is 23.3 Å². The molecule has 4 nitrogen and oxygen atoms in total. The van der Waals surface area contributed by atoms with Crippen LogP contribution < -0.4 is 15.5 Å². The molecule has 1 saturated heterocycles. The second kappa shape index (κ2) is 9.34. The average Bonchev–Trinajstić information content (AvgIpc) is 2.68. The van der Waals surface area contributed by atoms with Crippen molar-refractivity contribution in [1.29, 1.82) is 0 Å². The highest BCUT2D eigenvalue weighted by molar-refractivity contribution is 7.80. The number of carbonyl (C=O) groups excluding carboxylic acids is 1. The lowest BCUT2D eigenvalue weighted by Crippen LogP contribution is -2.34. The predicted molar refractivity (Wildman–Crippen MR) is 112 cm³/mol. The van der Waals surface area contributed by atoms with Crippen molar-refractivity contribution in [2.45, 2.75) is 32.1 Å². The SMILES string of the molecule is O=C(CCc1ccccc1)NC(=S)Nc1ccc(N2CCCCC2)cc1. The van der Waals surface area contributed by atoms with Gasteiger partial charge in [0.1, 0.15) is 0 Å². The van der Waals surface area contributed by atoms with E-state index in [0.717, 1.165) is 24.3 Å². The number of piperidine rings is 1. The van der Waals surface area contributed by atoms with E-state index in [-0.39, 0.29) is 5.91 Å². The van der Waals surface area contributed by atoms with E-state index in [9.17, 15) is 4.79 Å². The quantitative estimate of drug-likeness (QED) is 0.780. The topological polar surface area (TPSA) is 44.4 Å². The average molecular weight is 368 g/mol. The van der Waals surface area contributed by atoms with Gasteiger partial charge in [-0.2, -0.15) is 0 Å². The summed E-state index contributed by atoms with van der Waals surface area (Å²) in [4.78, 5) is 14.4. The molecule has 2 aromatic carbocycles. The van der Waals surface area contributed by atoms with Gasteiger partial charge in [0.15, 0.2) is 5.11 Å². The Morgan fingerprint density at radius 1 is 0.962 bits per heavy atom. The molecule has 1 aliphatic heterocycles. The monoisotopic (exact) mass is 367 g/mol. The number of amides is 1. The molecule has 0 aromatic heterocycles. The van der Waals surface area contributed by atoms with Crippen LogP contribution in [0.2, 0.25) is 0 Å². The number of nitrogens with zero attached hydrogens (tertiary/aromatic N) is 1. The van der Waals surface area contributed by atoms with Crippen LogP contribution in [0.5, 0.6) is 0 Å². The highest BCUT2D eigenvalue weighted by Crippen LogP contribution is 2.21. The molecule has 136 valence electrons. The fourth-order valence-corrected chi connectivity index (χ4v) is 3.39. The first-order chi connectivity index (χ1) is 12.7. The summed E-state index contributed by atoms with van der Waals surface area (Å²) in [5, 5.41) is 6.17. The highest BCUT2D eigenvalue weighted by atomic mass is 32.1. The van der Waals surface area contributed by atoms with Crippen LogP contribution in [0.25, 0.3) is 0 Å². The molecule has 0 radical (unpaired) electrons. The molecule has 0 saturated carbocycles. The minimum absolute atomic E-state index is 0.0729. The van der Waals surface area contributed by atoms with Crippen LogP contribution in [0.1, 0.15) is 31.2 Å². The molecule has 26 heavy (non-hydrogen) atoms. The number of thiocarbonyl (C=S) groups is 1. The summed E-state index contributed by atoms with van der Waals surface area (Å²) in [5.41, 5.74) is 3.28. The molecule has 0 aliphatic carbocycles. The smallest absolute Gasteiger partial charge is 0.226 e. The summed E-state index contributed by atoms with van der Waals surface area (Å²) in [7, 11) is 0. The highest BCUT2D eigenvalue weighted by Gasteiger charge is 2.11. The molecule has 5 heteroatoms. The van der Waals surface area contributed by atoms with Crippen LogP contribution in [0, 0.1) is 0 Å². The molecule has 1 heterocycles. The van der Waals surface area contributed by atoms with Gasteiger partial charge in [-0.05, 0) is 67.7 Å². The predicted octanol–water partition coefficient (Wildman–Crippen LogP) is 4.12. The van der Waals surface area contributed by atoms with Gasteiger partial charge in [0.25, 0.3) is 0 Å². The van der Waals surface area contributed by atoms with Gasteiger partial charge in [0.05, 0.1) is 0 Å². The molecule has 0 bridgehead atoms. The van der Waals surface area contributed by atoms with E-state index in [0.29, 0.717) is 18.0 Å². The number of nitrogens with one attached hydrogen (secondary N) is 2. The van der Waals surface area contributed by atoms with Gasteiger partial charge < -0.3 is 15.5 Å². The zero-order chi connectivity index (χ0) is 18.2. The summed E-state index contributed by atoms with van der Waals surface area (Å²) in [6, 6.07) is 18.2. The number of carbonyl (C=O) groups is 1. The maximum absolute atomic E-state index is 12.0. The lowest BCUT2D eigenvalue weighted by atomic mass is 10.1. The Hall–Kier alpha value is -2.40. The molecular weight excluding hydrogens is 342 g/mol. The first-order valence-corrected chi connectivity index (χ1v) is 9.61. The summed E-state index contributed by atoms with van der Waals surface area (Å²) >= 11 is 5.25. The van der Waals surface area contributed by atoms with E-state index in [4.69, 9.17) is 12.2 Å². The Balaban J connectivity index is 1.44. The fraction of sp³-hybridized carbons (Fsp3) is 0.333. The lowest BCUT2D eigenvalue weighted by Gasteiger charge is -2.28. The van der Waals surface area contributed by atoms with Crippen LogP contribution in [-0.2, 0) is 11.2 Å². The summed E-state index contributed by atoms with van der Waals surface area (Å²) in [6.45, 7) is 2.26. The molecule has 1 fully saturated rings. The second-order valence-electron chi connectivity index (χ2n) is 6.58. The van der Waals surface area contributed by atoms with E-state index < -0.39 is 0 Å². The molecular formula is C21H25N3OS. The zero-order valence-corrected chi connectivity index (χ0v) is 15.7. The van der Waals surface area contributed by atoms with Crippen molar-refractivity contribution < 1.29 is 4.79 Å². The van der Waals surface area contributed by atoms with E-state index >= 15 is 0 Å². The van der Waals surface area contributed by atoms with E-state index in [2.05, 4.69) is 27.7 Å². The summed E-state index contributed by atoms with van der Waals surface area (Å²) in [5.74, 6) is -0.0729. The Bertz CT molecular complexity index is 725. The maximum Gasteiger partial charge on any atom is 0.226 e. The van der Waals surface area contributed by atoms with Crippen molar-refractivity contribution >= 4 is 34.6 Å². The van der Waals surface area contributed by atoms with Gasteiger partial charge in [0, 0.05) is 30.9 Å². The standard InChI is InChI=1S/C21H25N3OS/c25-20(14-9-17-7-3-1-4-8-17)23-21(26)22-18-10-12-19(13-11-18)24-15-5-2-6-16-24/h1,3-4,7-8,10-13H,2,5-6,9,14-16H2,(H2,22,23,25,26). The molecule has 0 unspecified atom stereocenters. The van der Waals surface area contributed by atoms with E-state index in [1.165, 1.54) is 24.9 Å². The van der Waals surface area contributed by atoms with Gasteiger partial charge in [-0.3, -0.25) is 4.79 Å². The van der Waals surface area contributed by atoms with E-state index in [1.54, 1.807) is 0 Å². The van der Waals surface area contributed by atoms with Crippen molar-refractivity contribution in [3.63, 3.8) is 0 Å². The van der Waals surface area contributed by atoms with Crippen molar-refractivity contribution in [3.8, 4) is 0 Å². The number of aryl methyl sites for hydroxylation is 1. The first-order valence-electron chi connectivity index (χ1n) is 9.20. The van der Waals surface area contributed by atoms with Gasteiger partial charge in [-0.1, -0.05) is 30.3 Å². The summed E-state index contributed by atoms with van der Waals surface area (Å²) in [6.07, 6.45) is 4.98. The Kier molecular flexibility index (Phi) is 6.61. The first kappa shape index (κ1) is 18.4. The third-order valence-corrected chi connectivity index (χ3v) is 4.79. The van der Waals surface area contributed by atoms with Gasteiger partial charge in [-0.25, -0.2) is 0 Å². The van der Waals surface area contributed by atoms with Crippen LogP contribution in [0.15, 0.2) is 54.6 Å². The molecule has 0 atom stereocenters. The zero-order valence-electron chi connectivity index (χ0n) is 14.9. The second-order valence-corrected chi connectivity index (χ2v) is 6.99. The lowest BCUT2D eigenvalue weighted by molar-refractivity contribution is -0.119. The van der Waals surface area contributed by atoms with Crippen LogP contribution >= 0.6 is 12.2 Å². The summed E-state index contributed by atoms with van der Waals surface area (Å²) < 4.78 is 0. The fourth-order valence-electron chi connectivity index (χ4n) is 3.16. The number of hydrogen-bond acceptors (Lipinski definition) is 3. The largest absolute Gasteiger partial charge is 0.372 e. The molecule has 0 spiro atoms. The van der Waals surface area contributed by atoms with E-state index in [1.807, 2.05) is 42.5 Å². The molecule has 2 N–H and O–H groups in total. The van der Waals surface area contributed by atoms with Crippen molar-refractivity contribution in [3.05, 3.63) is 60.2 Å². The normalized spacial score (nSPS) is 13.9. The number of anilines is 2.